The van der Waals surface area contributed by atoms with E-state index in [9.17, 15) is 25.1 Å². The molecule has 0 aliphatic heterocycles. The van der Waals surface area contributed by atoms with Gasteiger partial charge in [-0.15, -0.1) is 0 Å². The van der Waals surface area contributed by atoms with Crippen LogP contribution in [0.2, 0.25) is 0 Å². The van der Waals surface area contributed by atoms with Crippen molar-refractivity contribution in [1.82, 2.24) is 0 Å². The molecule has 0 fully saturated rings. The lowest BCUT2D eigenvalue weighted by atomic mass is 9.98. The van der Waals surface area contributed by atoms with Crippen molar-refractivity contribution >= 4 is 11.7 Å². The van der Waals surface area contributed by atoms with Crippen molar-refractivity contribution < 1.29 is 29.8 Å². The first-order valence-corrected chi connectivity index (χ1v) is 5.26. The molecule has 0 radical (unpaired) electrons. The van der Waals surface area contributed by atoms with E-state index in [2.05, 4.69) is 4.74 Å². The van der Waals surface area contributed by atoms with Crippen LogP contribution in [0.1, 0.15) is 22.0 Å². The molecule has 8 heteroatoms. The second-order valence-corrected chi connectivity index (χ2v) is 3.72. The quantitative estimate of drug-likeness (QED) is 0.383. The third-order valence-electron chi connectivity index (χ3n) is 2.52. The number of nitro groups is 1. The Labute approximate surface area is 108 Å². The number of aliphatic hydroxyl groups excluding tert-OH is 3. The summed E-state index contributed by atoms with van der Waals surface area (Å²) in [7, 11) is 1.08. The van der Waals surface area contributed by atoms with Crippen molar-refractivity contribution in [1.29, 1.82) is 0 Å². The van der Waals surface area contributed by atoms with Crippen LogP contribution < -0.4 is 0 Å². The second kappa shape index (κ2) is 6.23. The number of carbonyl (C=O) groups excluding carboxylic acids is 1. The van der Waals surface area contributed by atoms with E-state index in [-0.39, 0.29) is 16.8 Å². The number of hydrogen-bond donors (Lipinski definition) is 3. The maximum absolute atomic E-state index is 11.5. The molecule has 8 nitrogen and oxygen atoms in total. The van der Waals surface area contributed by atoms with Gasteiger partial charge in [0.05, 0.1) is 24.2 Å². The van der Waals surface area contributed by atoms with Crippen molar-refractivity contribution in [2.75, 3.05) is 13.7 Å². The predicted octanol–water partition coefficient (Wildman–Crippen LogP) is -0.232. The number of nitro benzene ring substituents is 1. The molecule has 2 atom stereocenters. The maximum atomic E-state index is 11.5. The Hall–Kier alpha value is -2.03. The van der Waals surface area contributed by atoms with Crippen LogP contribution in [0.3, 0.4) is 0 Å². The van der Waals surface area contributed by atoms with Gasteiger partial charge in [0.25, 0.3) is 5.69 Å². The van der Waals surface area contributed by atoms with Crippen LogP contribution in [0.25, 0.3) is 0 Å². The Morgan fingerprint density at radius 1 is 1.47 bits per heavy atom. The summed E-state index contributed by atoms with van der Waals surface area (Å²) in [5, 5.41) is 38.5. The molecule has 0 amide bonds. The van der Waals surface area contributed by atoms with Crippen LogP contribution in [0, 0.1) is 10.1 Å². The van der Waals surface area contributed by atoms with E-state index < -0.39 is 29.7 Å². The number of rotatable bonds is 5. The minimum atomic E-state index is -1.56. The first-order valence-electron chi connectivity index (χ1n) is 5.26. The van der Waals surface area contributed by atoms with Crippen LogP contribution in [0.15, 0.2) is 18.2 Å². The number of methoxy groups -OCH3 is 1. The third-order valence-corrected chi connectivity index (χ3v) is 2.52. The summed E-state index contributed by atoms with van der Waals surface area (Å²) in [5.41, 5.74) is -0.648. The number of ether oxygens (including phenoxy) is 1. The molecule has 1 rings (SSSR count). The molecule has 0 bridgehead atoms. The monoisotopic (exact) mass is 271 g/mol. The molecule has 3 N–H and O–H groups in total. The number of esters is 1. The Kier molecular flexibility index (Phi) is 4.93. The predicted molar refractivity (Wildman–Crippen MR) is 62.5 cm³/mol. The first-order chi connectivity index (χ1) is 8.92. The normalized spacial score (nSPS) is 13.7. The largest absolute Gasteiger partial charge is 0.465 e. The highest BCUT2D eigenvalue weighted by Gasteiger charge is 2.25. The van der Waals surface area contributed by atoms with Gasteiger partial charge in [-0.3, -0.25) is 10.1 Å². The second-order valence-electron chi connectivity index (χ2n) is 3.72. The molecule has 0 aliphatic rings. The van der Waals surface area contributed by atoms with E-state index in [4.69, 9.17) is 5.11 Å². The van der Waals surface area contributed by atoms with Gasteiger partial charge in [0.15, 0.2) is 0 Å². The molecule has 0 aliphatic carbocycles. The Bertz CT molecular complexity index is 488. The zero-order chi connectivity index (χ0) is 14.6. The Morgan fingerprint density at radius 3 is 2.58 bits per heavy atom. The van der Waals surface area contributed by atoms with Gasteiger partial charge in [0, 0.05) is 12.1 Å². The SMILES string of the molecule is COC(=O)c1cc([N+](=O)[O-])ccc1C(O)C(O)CO. The zero-order valence-electron chi connectivity index (χ0n) is 10.0. The molecule has 104 valence electrons. The molecule has 1 aromatic carbocycles. The molecule has 2 unspecified atom stereocenters. The van der Waals surface area contributed by atoms with Gasteiger partial charge < -0.3 is 20.1 Å². The highest BCUT2D eigenvalue weighted by Crippen LogP contribution is 2.26. The number of hydrogen-bond acceptors (Lipinski definition) is 7. The summed E-state index contributed by atoms with van der Waals surface area (Å²) >= 11 is 0. The van der Waals surface area contributed by atoms with Crippen molar-refractivity contribution in [3.63, 3.8) is 0 Å². The summed E-state index contributed by atoms with van der Waals surface area (Å²) in [6.07, 6.45) is -3.07. The van der Waals surface area contributed by atoms with Gasteiger partial charge >= 0.3 is 5.97 Å². The standard InChI is InChI=1S/C11H13NO7/c1-19-11(16)8-4-6(12(17)18)2-3-7(8)10(15)9(14)5-13/h2-4,9-10,13-15H,5H2,1H3. The lowest BCUT2D eigenvalue weighted by Crippen LogP contribution is -2.24. The lowest BCUT2D eigenvalue weighted by molar-refractivity contribution is -0.384. The molecule has 0 spiro atoms. The van der Waals surface area contributed by atoms with Gasteiger partial charge in [0.1, 0.15) is 12.2 Å². The van der Waals surface area contributed by atoms with Crippen LogP contribution in [-0.2, 0) is 4.74 Å². The minimum absolute atomic E-state index is 0.0565. The number of benzene rings is 1. The van der Waals surface area contributed by atoms with Gasteiger partial charge in [0.2, 0.25) is 0 Å². The van der Waals surface area contributed by atoms with E-state index in [1.54, 1.807) is 0 Å². The Balaban J connectivity index is 3.30. The van der Waals surface area contributed by atoms with Crippen LogP contribution in [0.5, 0.6) is 0 Å². The van der Waals surface area contributed by atoms with Gasteiger partial charge in [-0.25, -0.2) is 4.79 Å². The van der Waals surface area contributed by atoms with Crippen molar-refractivity contribution in [2.45, 2.75) is 12.2 Å². The average molecular weight is 271 g/mol. The lowest BCUT2D eigenvalue weighted by Gasteiger charge is -2.18. The number of carbonyl (C=O) groups is 1. The van der Waals surface area contributed by atoms with Crippen molar-refractivity contribution in [2.24, 2.45) is 0 Å². The van der Waals surface area contributed by atoms with E-state index in [0.29, 0.717) is 0 Å². The molecule has 0 heterocycles. The third kappa shape index (κ3) is 3.25. The summed E-state index contributed by atoms with van der Waals surface area (Å²) in [4.78, 5) is 21.5. The number of nitrogens with zero attached hydrogens (tertiary/aromatic N) is 1. The summed E-state index contributed by atoms with van der Waals surface area (Å²) in [6, 6.07) is 3.15. The molecular formula is C11H13NO7. The highest BCUT2D eigenvalue weighted by molar-refractivity contribution is 5.92. The first kappa shape index (κ1) is 15.0. The molecule has 0 aromatic heterocycles. The fraction of sp³-hybridized carbons (Fsp3) is 0.364. The van der Waals surface area contributed by atoms with Gasteiger partial charge in [-0.05, 0) is 11.6 Å². The summed E-state index contributed by atoms with van der Waals surface area (Å²) in [5.74, 6) is -0.886. The smallest absolute Gasteiger partial charge is 0.338 e. The van der Waals surface area contributed by atoms with Crippen LogP contribution in [-0.4, -0.2) is 46.0 Å². The van der Waals surface area contributed by atoms with E-state index in [0.717, 1.165) is 25.3 Å². The van der Waals surface area contributed by atoms with Crippen LogP contribution in [0.4, 0.5) is 5.69 Å². The van der Waals surface area contributed by atoms with Gasteiger partial charge in [-0.1, -0.05) is 0 Å². The molecule has 1 aromatic rings. The van der Waals surface area contributed by atoms with E-state index in [1.165, 1.54) is 0 Å². The topological polar surface area (TPSA) is 130 Å². The summed E-state index contributed by atoms with van der Waals surface area (Å²) in [6.45, 7) is -0.723. The number of aliphatic hydroxyl groups is 3. The fourth-order valence-electron chi connectivity index (χ4n) is 1.51. The molecular weight excluding hydrogens is 258 g/mol. The van der Waals surface area contributed by atoms with Crippen LogP contribution >= 0.6 is 0 Å². The minimum Gasteiger partial charge on any atom is -0.465 e. The average Bonchev–Trinajstić information content (AvgIpc) is 2.43. The summed E-state index contributed by atoms with van der Waals surface area (Å²) < 4.78 is 4.46. The molecule has 0 saturated carbocycles. The maximum Gasteiger partial charge on any atom is 0.338 e. The van der Waals surface area contributed by atoms with Gasteiger partial charge in [-0.2, -0.15) is 0 Å². The highest BCUT2D eigenvalue weighted by atomic mass is 16.6. The van der Waals surface area contributed by atoms with Crippen molar-refractivity contribution in [3.05, 3.63) is 39.4 Å². The molecule has 0 saturated heterocycles. The van der Waals surface area contributed by atoms with Crippen molar-refractivity contribution in [3.8, 4) is 0 Å². The number of non-ortho nitro benzene ring substituents is 1. The molecule has 19 heavy (non-hydrogen) atoms. The van der Waals surface area contributed by atoms with E-state index in [1.807, 2.05) is 0 Å². The van der Waals surface area contributed by atoms with E-state index >= 15 is 0 Å². The Morgan fingerprint density at radius 2 is 2.11 bits per heavy atom. The zero-order valence-corrected chi connectivity index (χ0v) is 10.0. The fourth-order valence-corrected chi connectivity index (χ4v) is 1.51.